The summed E-state index contributed by atoms with van der Waals surface area (Å²) >= 11 is 0. The monoisotopic (exact) mass is 743 g/mol. The lowest BCUT2D eigenvalue weighted by Gasteiger charge is -2.72. The van der Waals surface area contributed by atoms with Crippen LogP contribution in [0.4, 0.5) is 4.79 Å². The normalized spacial score (nSPS) is 38.5. The van der Waals surface area contributed by atoms with E-state index < -0.39 is 11.9 Å². The highest BCUT2D eigenvalue weighted by molar-refractivity contribution is 5.88. The van der Waals surface area contributed by atoms with Crippen LogP contribution in [0.3, 0.4) is 0 Å². The highest BCUT2D eigenvalue weighted by Crippen LogP contribution is 2.76. The van der Waals surface area contributed by atoms with Gasteiger partial charge in [0.25, 0.3) is 0 Å². The number of carboxylic acids is 2. The zero-order valence-corrected chi connectivity index (χ0v) is 33.7. The van der Waals surface area contributed by atoms with E-state index in [1.54, 1.807) is 12.1 Å². The zero-order chi connectivity index (χ0) is 38.8. The van der Waals surface area contributed by atoms with Crippen LogP contribution in [0.5, 0.6) is 0 Å². The van der Waals surface area contributed by atoms with Gasteiger partial charge in [-0.25, -0.2) is 9.59 Å². The van der Waals surface area contributed by atoms with Crippen molar-refractivity contribution >= 4 is 23.5 Å². The molecular weight excluding hydrogens is 679 g/mol. The molecule has 9 heteroatoms. The molecule has 9 unspecified atom stereocenters. The van der Waals surface area contributed by atoms with Gasteiger partial charge in [0.05, 0.1) is 18.8 Å². The molecule has 7 rings (SSSR count). The lowest BCUT2D eigenvalue weighted by Crippen LogP contribution is -2.69. The lowest BCUT2D eigenvalue weighted by molar-refractivity contribution is -0.218. The lowest BCUT2D eigenvalue weighted by atomic mass is 9.33. The van der Waals surface area contributed by atoms with Crippen molar-refractivity contribution in [1.29, 1.82) is 0 Å². The van der Waals surface area contributed by atoms with Gasteiger partial charge in [-0.1, -0.05) is 65.0 Å². The summed E-state index contributed by atoms with van der Waals surface area (Å²) in [4.78, 5) is 41.6. The van der Waals surface area contributed by atoms with Gasteiger partial charge < -0.3 is 25.2 Å². The molecule has 2 amide bonds. The number of nitrogens with one attached hydrogen (secondary N) is 1. The fourth-order valence-electron chi connectivity index (χ4n) is 14.1. The Morgan fingerprint density at radius 1 is 0.907 bits per heavy atom. The number of benzene rings is 1. The number of morpholine rings is 1. The van der Waals surface area contributed by atoms with Crippen LogP contribution in [0, 0.1) is 51.2 Å². The second kappa shape index (κ2) is 14.1. The van der Waals surface area contributed by atoms with Crippen LogP contribution in [0.1, 0.15) is 115 Å². The molecule has 1 aromatic rings. The number of carboxylic acid groups (broad SMARTS) is 2. The largest absolute Gasteiger partial charge is 0.480 e. The van der Waals surface area contributed by atoms with E-state index in [0.29, 0.717) is 55.5 Å². The number of aromatic carboxylic acids is 1. The Kier molecular flexibility index (Phi) is 10.2. The Morgan fingerprint density at radius 2 is 1.61 bits per heavy atom. The Morgan fingerprint density at radius 3 is 2.26 bits per heavy atom. The van der Waals surface area contributed by atoms with Gasteiger partial charge in [-0.05, 0) is 139 Å². The van der Waals surface area contributed by atoms with Crippen LogP contribution in [0.25, 0.3) is 5.57 Å². The predicted octanol–water partition coefficient (Wildman–Crippen LogP) is 8.22. The van der Waals surface area contributed by atoms with Crippen molar-refractivity contribution in [3.63, 3.8) is 0 Å². The molecule has 1 heterocycles. The fraction of sp³-hybridized carbons (Fsp3) is 0.711. The van der Waals surface area contributed by atoms with E-state index in [0.717, 1.165) is 63.6 Å². The molecule has 9 atom stereocenters. The maximum Gasteiger partial charge on any atom is 0.335 e. The molecule has 1 aliphatic heterocycles. The first-order chi connectivity index (χ1) is 25.5. The summed E-state index contributed by atoms with van der Waals surface area (Å²) in [5.74, 6) is 0.240. The minimum atomic E-state index is -0.983. The number of aliphatic carboxylic acids is 1. The molecule has 3 N–H and O–H groups in total. The molecule has 0 radical (unpaired) electrons. The predicted molar refractivity (Wildman–Crippen MR) is 211 cm³/mol. The fourth-order valence-corrected chi connectivity index (χ4v) is 14.1. The first kappa shape index (κ1) is 39.1. The average molecular weight is 744 g/mol. The van der Waals surface area contributed by atoms with E-state index >= 15 is 0 Å². The van der Waals surface area contributed by atoms with Crippen LogP contribution in [-0.2, 0) is 9.53 Å². The summed E-state index contributed by atoms with van der Waals surface area (Å²) in [6.07, 6.45) is 12.0. The molecule has 0 spiro atoms. The summed E-state index contributed by atoms with van der Waals surface area (Å²) in [5.41, 5.74) is 3.97. The van der Waals surface area contributed by atoms with Crippen molar-refractivity contribution in [2.24, 2.45) is 51.2 Å². The minimum absolute atomic E-state index is 0.0527. The van der Waals surface area contributed by atoms with E-state index in [4.69, 9.17) is 4.74 Å². The molecule has 4 saturated carbocycles. The van der Waals surface area contributed by atoms with Crippen molar-refractivity contribution < 1.29 is 29.3 Å². The maximum atomic E-state index is 14.3. The van der Waals surface area contributed by atoms with Crippen LogP contribution in [0.15, 0.2) is 42.5 Å². The topological polar surface area (TPSA) is 119 Å². The second-order valence-corrected chi connectivity index (χ2v) is 19.5. The molecule has 1 aromatic carbocycles. The summed E-state index contributed by atoms with van der Waals surface area (Å²) in [6.45, 7) is 23.0. The van der Waals surface area contributed by atoms with Crippen LogP contribution in [0.2, 0.25) is 0 Å². The first-order valence-electron chi connectivity index (χ1n) is 20.8. The molecule has 5 aliphatic carbocycles. The van der Waals surface area contributed by atoms with Crippen molar-refractivity contribution in [1.82, 2.24) is 15.1 Å². The maximum absolute atomic E-state index is 14.3. The number of hydrogen-bond acceptors (Lipinski definition) is 5. The van der Waals surface area contributed by atoms with E-state index in [1.165, 1.54) is 28.9 Å². The molecule has 1 saturated heterocycles. The van der Waals surface area contributed by atoms with Gasteiger partial charge in [0.15, 0.2) is 0 Å². The second-order valence-electron chi connectivity index (χ2n) is 19.5. The molecular formula is C45H65N3O6. The van der Waals surface area contributed by atoms with Gasteiger partial charge >= 0.3 is 18.0 Å². The van der Waals surface area contributed by atoms with E-state index in [1.807, 2.05) is 12.1 Å². The average Bonchev–Trinajstić information content (AvgIpc) is 3.50. The van der Waals surface area contributed by atoms with Gasteiger partial charge in [-0.3, -0.25) is 9.69 Å². The molecule has 54 heavy (non-hydrogen) atoms. The Labute approximate surface area is 323 Å². The van der Waals surface area contributed by atoms with Gasteiger partial charge in [-0.15, -0.1) is 0 Å². The Balaban J connectivity index is 1.16. The third-order valence-electron chi connectivity index (χ3n) is 16.8. The third kappa shape index (κ3) is 6.24. The SMILES string of the molecule is C=C(C)C1CCC2(NC(=O)N(CCN3CCOCC3)CC(=O)O)CCC3(C)C(CCC4C5(C)CC=C(c6ccc(C(=O)O)cc6)C(C)(C)C5CCC43C)C12. The van der Waals surface area contributed by atoms with Crippen molar-refractivity contribution in [2.75, 3.05) is 45.9 Å². The molecule has 9 nitrogen and oxygen atoms in total. The number of fused-ring (bicyclic) bond motifs is 7. The molecule has 5 fully saturated rings. The molecule has 6 aliphatic rings. The number of carbonyl (C=O) groups is 3. The molecule has 0 aromatic heterocycles. The van der Waals surface area contributed by atoms with E-state index in [2.05, 4.69) is 64.4 Å². The van der Waals surface area contributed by atoms with E-state index in [-0.39, 0.29) is 45.7 Å². The van der Waals surface area contributed by atoms with Gasteiger partial charge in [-0.2, -0.15) is 0 Å². The first-order valence-corrected chi connectivity index (χ1v) is 20.8. The number of allylic oxidation sites excluding steroid dienone is 3. The third-order valence-corrected chi connectivity index (χ3v) is 16.8. The summed E-state index contributed by atoms with van der Waals surface area (Å²) in [5, 5.41) is 23.0. The number of ether oxygens (including phenoxy) is 1. The molecule has 0 bridgehead atoms. The van der Waals surface area contributed by atoms with Gasteiger partial charge in [0, 0.05) is 31.7 Å². The number of rotatable bonds is 9. The standard InChI is InChI=1S/C45H65N3O6/c1-29(2)32-14-19-45(46-40(53)48(28-37(49)50)23-22-47-24-26-54-27-25-47)21-20-43(6)34(38(32)45)12-13-36-42(5)17-15-33(30-8-10-31(11-9-30)39(51)52)41(3,4)35(42)16-18-44(36,43)7/h8-11,15,32,34-36,38H,1,12-14,16-28H2,2-7H3,(H,46,53)(H,49,50)(H,51,52). The number of carbonyl (C=O) groups excluding carboxylic acids is 1. The summed E-state index contributed by atoms with van der Waals surface area (Å²) in [6, 6.07) is 7.24. The zero-order valence-electron chi connectivity index (χ0n) is 33.7. The van der Waals surface area contributed by atoms with Crippen LogP contribution >= 0.6 is 0 Å². The van der Waals surface area contributed by atoms with Crippen molar-refractivity contribution in [2.45, 2.75) is 105 Å². The van der Waals surface area contributed by atoms with Gasteiger partial charge in [0.1, 0.15) is 6.54 Å². The molecule has 296 valence electrons. The Hall–Kier alpha value is -3.17. The van der Waals surface area contributed by atoms with Gasteiger partial charge in [0.2, 0.25) is 0 Å². The highest BCUT2D eigenvalue weighted by Gasteiger charge is 2.70. The number of amides is 2. The summed E-state index contributed by atoms with van der Waals surface area (Å²) < 4.78 is 5.50. The quantitative estimate of drug-likeness (QED) is 0.218. The van der Waals surface area contributed by atoms with E-state index in [9.17, 15) is 24.6 Å². The number of nitrogens with zero attached hydrogens (tertiary/aromatic N) is 2. The smallest absolute Gasteiger partial charge is 0.335 e. The van der Waals surface area contributed by atoms with Crippen molar-refractivity contribution in [3.05, 3.63) is 53.6 Å². The van der Waals surface area contributed by atoms with Crippen molar-refractivity contribution in [3.8, 4) is 0 Å². The summed E-state index contributed by atoms with van der Waals surface area (Å²) in [7, 11) is 0. The van der Waals surface area contributed by atoms with Crippen LogP contribution in [-0.4, -0.2) is 89.5 Å². The Bertz CT molecular complexity index is 1680. The van der Waals surface area contributed by atoms with Crippen LogP contribution < -0.4 is 5.32 Å². The minimum Gasteiger partial charge on any atom is -0.480 e. The number of hydrogen-bond donors (Lipinski definition) is 3. The number of urea groups is 1. The highest BCUT2D eigenvalue weighted by atomic mass is 16.5.